The predicted octanol–water partition coefficient (Wildman–Crippen LogP) is 4.16. The topological polar surface area (TPSA) is 66.5 Å². The van der Waals surface area contributed by atoms with Crippen molar-refractivity contribution >= 4 is 15.9 Å². The predicted molar refractivity (Wildman–Crippen MR) is 125 cm³/mol. The molecule has 1 saturated heterocycles. The highest BCUT2D eigenvalue weighted by atomic mass is 32.2. The van der Waals surface area contributed by atoms with E-state index in [1.165, 1.54) is 15.4 Å². The monoisotopic (exact) mass is 442 g/mol. The Labute approximate surface area is 186 Å². The van der Waals surface area contributed by atoms with Gasteiger partial charge in [0.2, 0.25) is 15.9 Å². The fourth-order valence-corrected chi connectivity index (χ4v) is 5.67. The highest BCUT2D eigenvalue weighted by Gasteiger charge is 2.32. The summed E-state index contributed by atoms with van der Waals surface area (Å²) in [5, 5.41) is 3.09. The number of sulfonamides is 1. The molecule has 1 aliphatic rings. The van der Waals surface area contributed by atoms with Crippen molar-refractivity contribution in [2.45, 2.75) is 52.5 Å². The van der Waals surface area contributed by atoms with Crippen LogP contribution in [-0.4, -0.2) is 37.5 Å². The van der Waals surface area contributed by atoms with Gasteiger partial charge in [0.05, 0.1) is 17.7 Å². The maximum Gasteiger partial charge on any atom is 0.224 e. The third-order valence-electron chi connectivity index (χ3n) is 6.25. The van der Waals surface area contributed by atoms with Gasteiger partial charge in [0.25, 0.3) is 0 Å². The average Bonchev–Trinajstić information content (AvgIpc) is 2.76. The Morgan fingerprint density at radius 3 is 2.58 bits per heavy atom. The number of carbonyl (C=O) groups excluding carboxylic acids is 1. The van der Waals surface area contributed by atoms with E-state index in [1.54, 1.807) is 0 Å². The number of amides is 1. The number of rotatable bonds is 8. The lowest BCUT2D eigenvalue weighted by Gasteiger charge is -2.32. The van der Waals surface area contributed by atoms with Gasteiger partial charge in [-0.25, -0.2) is 12.7 Å². The van der Waals surface area contributed by atoms with Crippen molar-refractivity contribution in [2.75, 3.05) is 18.8 Å². The van der Waals surface area contributed by atoms with Gasteiger partial charge in [-0.3, -0.25) is 4.79 Å². The van der Waals surface area contributed by atoms with Gasteiger partial charge in [-0.05, 0) is 68.7 Å². The average molecular weight is 443 g/mol. The number of piperidine rings is 1. The van der Waals surface area contributed by atoms with Gasteiger partial charge in [-0.1, -0.05) is 48.5 Å². The minimum Gasteiger partial charge on any atom is -0.349 e. The first-order valence-corrected chi connectivity index (χ1v) is 12.8. The first kappa shape index (κ1) is 23.5. The van der Waals surface area contributed by atoms with Crippen LogP contribution < -0.4 is 5.32 Å². The zero-order valence-electron chi connectivity index (χ0n) is 18.8. The molecule has 1 fully saturated rings. The number of nitrogens with one attached hydrogen (secondary N) is 1. The van der Waals surface area contributed by atoms with E-state index in [0.717, 1.165) is 24.0 Å². The van der Waals surface area contributed by atoms with E-state index in [0.29, 0.717) is 19.4 Å². The van der Waals surface area contributed by atoms with Gasteiger partial charge < -0.3 is 5.32 Å². The first-order chi connectivity index (χ1) is 14.8. The van der Waals surface area contributed by atoms with Crippen molar-refractivity contribution in [3.05, 3.63) is 70.8 Å². The Morgan fingerprint density at radius 1 is 1.13 bits per heavy atom. The number of aryl methyl sites for hydroxylation is 3. The molecule has 1 aliphatic heterocycles. The van der Waals surface area contributed by atoms with Crippen LogP contribution in [0, 0.1) is 19.8 Å². The van der Waals surface area contributed by atoms with Gasteiger partial charge in [-0.2, -0.15) is 0 Å². The molecule has 1 heterocycles. The molecule has 1 amide bonds. The normalized spacial score (nSPS) is 18.5. The minimum atomic E-state index is -3.36. The highest BCUT2D eigenvalue weighted by molar-refractivity contribution is 7.89. The number of carbonyl (C=O) groups is 1. The van der Waals surface area contributed by atoms with Crippen LogP contribution in [0.15, 0.2) is 48.5 Å². The maximum atomic E-state index is 12.9. The van der Waals surface area contributed by atoms with Crippen LogP contribution in [0.3, 0.4) is 0 Å². The molecule has 3 rings (SSSR count). The van der Waals surface area contributed by atoms with Gasteiger partial charge >= 0.3 is 0 Å². The van der Waals surface area contributed by atoms with Gasteiger partial charge in [-0.15, -0.1) is 0 Å². The molecular formula is C25H34N2O3S. The highest BCUT2D eigenvalue weighted by Crippen LogP contribution is 2.23. The molecule has 2 atom stereocenters. The Bertz CT molecular complexity index is 989. The summed E-state index contributed by atoms with van der Waals surface area (Å²) in [4.78, 5) is 12.9. The summed E-state index contributed by atoms with van der Waals surface area (Å²) in [6.07, 6.45) is 2.77. The largest absolute Gasteiger partial charge is 0.349 e. The SMILES string of the molecule is Cc1ccc([C@H](C)NC(=O)[C@@H]2CCCN(S(=O)(=O)CCCc3ccccc3)C2)cc1C. The van der Waals surface area contributed by atoms with Crippen LogP contribution in [0.4, 0.5) is 0 Å². The van der Waals surface area contributed by atoms with E-state index in [2.05, 4.69) is 31.3 Å². The molecule has 0 unspecified atom stereocenters. The number of hydrogen-bond acceptors (Lipinski definition) is 3. The fourth-order valence-electron chi connectivity index (χ4n) is 4.09. The summed E-state index contributed by atoms with van der Waals surface area (Å²) >= 11 is 0. The van der Waals surface area contributed by atoms with Crippen molar-refractivity contribution in [3.8, 4) is 0 Å². The van der Waals surface area contributed by atoms with E-state index in [9.17, 15) is 13.2 Å². The van der Waals surface area contributed by atoms with E-state index in [1.807, 2.05) is 43.3 Å². The van der Waals surface area contributed by atoms with Crippen LogP contribution in [0.1, 0.15) is 54.5 Å². The number of benzene rings is 2. The Kier molecular flexibility index (Phi) is 7.89. The third-order valence-corrected chi connectivity index (χ3v) is 8.17. The summed E-state index contributed by atoms with van der Waals surface area (Å²) in [5.41, 5.74) is 4.64. The zero-order valence-corrected chi connectivity index (χ0v) is 19.6. The molecular weight excluding hydrogens is 408 g/mol. The number of nitrogens with zero attached hydrogens (tertiary/aromatic N) is 1. The van der Waals surface area contributed by atoms with E-state index in [-0.39, 0.29) is 30.2 Å². The van der Waals surface area contributed by atoms with E-state index in [4.69, 9.17) is 0 Å². The Balaban J connectivity index is 1.54. The molecule has 0 saturated carbocycles. The van der Waals surface area contributed by atoms with Crippen molar-refractivity contribution in [1.82, 2.24) is 9.62 Å². The molecule has 2 aromatic carbocycles. The minimum absolute atomic E-state index is 0.0603. The smallest absolute Gasteiger partial charge is 0.224 e. The van der Waals surface area contributed by atoms with Crippen LogP contribution in [0.5, 0.6) is 0 Å². The van der Waals surface area contributed by atoms with Gasteiger partial charge in [0.1, 0.15) is 0 Å². The second kappa shape index (κ2) is 10.4. The maximum absolute atomic E-state index is 12.9. The summed E-state index contributed by atoms with van der Waals surface area (Å²) < 4.78 is 27.2. The summed E-state index contributed by atoms with van der Waals surface area (Å²) in [6, 6.07) is 16.0. The summed E-state index contributed by atoms with van der Waals surface area (Å²) in [6.45, 7) is 6.89. The molecule has 0 radical (unpaired) electrons. The Morgan fingerprint density at radius 2 is 1.87 bits per heavy atom. The van der Waals surface area contributed by atoms with Crippen molar-refractivity contribution in [1.29, 1.82) is 0 Å². The molecule has 168 valence electrons. The Hall–Kier alpha value is -2.18. The third kappa shape index (κ3) is 6.40. The molecule has 31 heavy (non-hydrogen) atoms. The second-order valence-corrected chi connectivity index (χ2v) is 10.8. The molecule has 5 nitrogen and oxygen atoms in total. The lowest BCUT2D eigenvalue weighted by Crippen LogP contribution is -2.46. The van der Waals surface area contributed by atoms with Crippen LogP contribution >= 0.6 is 0 Å². The molecule has 0 bridgehead atoms. The lowest BCUT2D eigenvalue weighted by molar-refractivity contribution is -0.126. The first-order valence-electron chi connectivity index (χ1n) is 11.2. The van der Waals surface area contributed by atoms with E-state index < -0.39 is 10.0 Å². The quantitative estimate of drug-likeness (QED) is 0.668. The van der Waals surface area contributed by atoms with Crippen molar-refractivity contribution in [2.24, 2.45) is 5.92 Å². The van der Waals surface area contributed by atoms with Crippen molar-refractivity contribution in [3.63, 3.8) is 0 Å². The van der Waals surface area contributed by atoms with Gasteiger partial charge in [0.15, 0.2) is 0 Å². The summed E-state index contributed by atoms with van der Waals surface area (Å²) in [7, 11) is -3.36. The zero-order chi connectivity index (χ0) is 22.4. The number of hydrogen-bond donors (Lipinski definition) is 1. The van der Waals surface area contributed by atoms with Crippen LogP contribution in [0.2, 0.25) is 0 Å². The fraction of sp³-hybridized carbons (Fsp3) is 0.480. The molecule has 2 aromatic rings. The lowest BCUT2D eigenvalue weighted by atomic mass is 9.97. The second-order valence-electron chi connectivity index (χ2n) is 8.68. The summed E-state index contributed by atoms with van der Waals surface area (Å²) in [5.74, 6) is -0.239. The van der Waals surface area contributed by atoms with Gasteiger partial charge in [0, 0.05) is 13.1 Å². The molecule has 1 N–H and O–H groups in total. The molecule has 0 aliphatic carbocycles. The van der Waals surface area contributed by atoms with Crippen LogP contribution in [-0.2, 0) is 21.2 Å². The molecule has 0 spiro atoms. The van der Waals surface area contributed by atoms with Crippen molar-refractivity contribution < 1.29 is 13.2 Å². The molecule has 6 heteroatoms. The van der Waals surface area contributed by atoms with E-state index >= 15 is 0 Å². The van der Waals surface area contributed by atoms with Crippen LogP contribution in [0.25, 0.3) is 0 Å². The molecule has 0 aromatic heterocycles. The standard InChI is InChI=1S/C25H34N2O3S/c1-19-13-14-23(17-20(19)2)21(3)26-25(28)24-12-7-15-27(18-24)31(29,30)16-8-11-22-9-5-4-6-10-22/h4-6,9-10,13-14,17,21,24H,7-8,11-12,15-16,18H2,1-3H3,(H,26,28)/t21-,24+/m0/s1.